The molecule has 148 valence electrons. The van der Waals surface area contributed by atoms with Crippen LogP contribution in [0.5, 0.6) is 0 Å². The van der Waals surface area contributed by atoms with Crippen LogP contribution in [0, 0.1) is 27.7 Å². The number of carbonyl (C=O) groups is 2. The molecule has 0 saturated carbocycles. The van der Waals surface area contributed by atoms with Crippen molar-refractivity contribution in [1.82, 2.24) is 0 Å². The molecule has 1 atom stereocenters. The molecule has 5 nitrogen and oxygen atoms in total. The summed E-state index contributed by atoms with van der Waals surface area (Å²) in [6.07, 6.45) is 2.11. The molecule has 6 heteroatoms. The monoisotopic (exact) mass is 392 g/mol. The lowest BCUT2D eigenvalue weighted by molar-refractivity contribution is -0.122. The van der Waals surface area contributed by atoms with Crippen LogP contribution in [0.4, 0.5) is 0 Å². The Labute approximate surface area is 161 Å². The topological polar surface area (TPSA) is 88.5 Å². The van der Waals surface area contributed by atoms with Gasteiger partial charge in [0.1, 0.15) is 5.76 Å². The second-order valence-electron chi connectivity index (χ2n) is 7.54. The first-order valence-electron chi connectivity index (χ1n) is 9.20. The molecule has 1 aromatic carbocycles. The van der Waals surface area contributed by atoms with Crippen LogP contribution in [-0.4, -0.2) is 31.3 Å². The standard InChI is InChI=1S/C21H28O5S/c1-7-8-16(22)20-17(23)9-15(10-18(20)24)19-13(4)11(2)12(3)14(5)21(19)27(6,25)26/h15,23H,7-10H2,1-6H3. The number of aliphatic hydroxyl groups excluding tert-OH is 1. The average molecular weight is 393 g/mol. The molecule has 0 fully saturated rings. The number of ketones is 2. The number of aliphatic hydroxyl groups is 1. The summed E-state index contributed by atoms with van der Waals surface area (Å²) in [5.41, 5.74) is 3.90. The highest BCUT2D eigenvalue weighted by atomic mass is 32.2. The lowest BCUT2D eigenvalue weighted by atomic mass is 9.77. The van der Waals surface area contributed by atoms with E-state index in [4.69, 9.17) is 0 Å². The Morgan fingerprint density at radius 1 is 1.04 bits per heavy atom. The van der Waals surface area contributed by atoms with Gasteiger partial charge in [-0.15, -0.1) is 0 Å². The molecule has 1 N–H and O–H groups in total. The van der Waals surface area contributed by atoms with E-state index in [9.17, 15) is 23.1 Å². The van der Waals surface area contributed by atoms with Crippen molar-refractivity contribution in [2.24, 2.45) is 0 Å². The van der Waals surface area contributed by atoms with Gasteiger partial charge in [-0.3, -0.25) is 9.59 Å². The number of allylic oxidation sites excluding steroid dienone is 2. The largest absolute Gasteiger partial charge is 0.511 e. The lowest BCUT2D eigenvalue weighted by Gasteiger charge is -2.29. The summed E-state index contributed by atoms with van der Waals surface area (Å²) >= 11 is 0. The predicted molar refractivity (Wildman–Crippen MR) is 105 cm³/mol. The van der Waals surface area contributed by atoms with E-state index in [-0.39, 0.29) is 41.3 Å². The van der Waals surface area contributed by atoms with E-state index < -0.39 is 21.5 Å². The van der Waals surface area contributed by atoms with Gasteiger partial charge in [0.25, 0.3) is 0 Å². The third-order valence-corrected chi connectivity index (χ3v) is 6.92. The Kier molecular flexibility index (Phi) is 6.00. The van der Waals surface area contributed by atoms with Crippen LogP contribution in [0.3, 0.4) is 0 Å². The van der Waals surface area contributed by atoms with E-state index in [0.717, 1.165) is 16.7 Å². The van der Waals surface area contributed by atoms with Crippen molar-refractivity contribution >= 4 is 21.4 Å². The van der Waals surface area contributed by atoms with Crippen LogP contribution in [0.15, 0.2) is 16.2 Å². The van der Waals surface area contributed by atoms with Gasteiger partial charge in [-0.2, -0.15) is 0 Å². The number of hydrogen-bond acceptors (Lipinski definition) is 5. The van der Waals surface area contributed by atoms with E-state index in [1.807, 2.05) is 27.7 Å². The third-order valence-electron chi connectivity index (χ3n) is 5.65. The molecule has 0 aromatic heterocycles. The number of hydrogen-bond donors (Lipinski definition) is 1. The molecule has 1 unspecified atom stereocenters. The maximum absolute atomic E-state index is 12.6. The average Bonchev–Trinajstić information content (AvgIpc) is 2.54. The molecule has 1 aliphatic carbocycles. The Balaban J connectivity index is 2.68. The first-order valence-corrected chi connectivity index (χ1v) is 11.1. The molecule has 1 aliphatic rings. The minimum atomic E-state index is -3.52. The highest BCUT2D eigenvalue weighted by Crippen LogP contribution is 2.42. The van der Waals surface area contributed by atoms with Crippen molar-refractivity contribution in [3.05, 3.63) is 39.1 Å². The maximum Gasteiger partial charge on any atom is 0.176 e. The predicted octanol–water partition coefficient (Wildman–Crippen LogP) is 3.95. The summed E-state index contributed by atoms with van der Waals surface area (Å²) in [5, 5.41) is 10.4. The number of sulfone groups is 1. The highest BCUT2D eigenvalue weighted by Gasteiger charge is 2.36. The van der Waals surface area contributed by atoms with E-state index in [1.54, 1.807) is 6.92 Å². The minimum Gasteiger partial charge on any atom is -0.511 e. The van der Waals surface area contributed by atoms with Crippen molar-refractivity contribution in [3.63, 3.8) is 0 Å². The first-order chi connectivity index (χ1) is 12.4. The molecule has 0 aliphatic heterocycles. The van der Waals surface area contributed by atoms with E-state index in [2.05, 4.69) is 0 Å². The lowest BCUT2D eigenvalue weighted by Crippen LogP contribution is -2.25. The van der Waals surface area contributed by atoms with E-state index in [0.29, 0.717) is 17.5 Å². The number of rotatable bonds is 5. The highest BCUT2D eigenvalue weighted by molar-refractivity contribution is 7.90. The van der Waals surface area contributed by atoms with Crippen molar-refractivity contribution in [2.75, 3.05) is 6.26 Å². The van der Waals surface area contributed by atoms with Gasteiger partial charge in [0.15, 0.2) is 21.4 Å². The van der Waals surface area contributed by atoms with Crippen LogP contribution in [0.2, 0.25) is 0 Å². The van der Waals surface area contributed by atoms with Gasteiger partial charge in [0.2, 0.25) is 0 Å². The smallest absolute Gasteiger partial charge is 0.176 e. The minimum absolute atomic E-state index is 0.0279. The maximum atomic E-state index is 12.6. The van der Waals surface area contributed by atoms with Gasteiger partial charge in [-0.25, -0.2) is 8.42 Å². The first kappa shape index (κ1) is 21.4. The van der Waals surface area contributed by atoms with E-state index >= 15 is 0 Å². The Morgan fingerprint density at radius 3 is 2.07 bits per heavy atom. The summed E-state index contributed by atoms with van der Waals surface area (Å²) in [5.74, 6) is -1.42. The summed E-state index contributed by atoms with van der Waals surface area (Å²) in [6, 6.07) is 0. The van der Waals surface area contributed by atoms with Crippen LogP contribution in [0.25, 0.3) is 0 Å². The summed E-state index contributed by atoms with van der Waals surface area (Å²) in [6.45, 7) is 9.29. The molecule has 27 heavy (non-hydrogen) atoms. The Morgan fingerprint density at radius 2 is 1.59 bits per heavy atom. The summed E-state index contributed by atoms with van der Waals surface area (Å²) < 4.78 is 25.1. The van der Waals surface area contributed by atoms with Crippen molar-refractivity contribution in [2.45, 2.75) is 71.1 Å². The fraction of sp³-hybridized carbons (Fsp3) is 0.524. The van der Waals surface area contributed by atoms with Crippen molar-refractivity contribution in [3.8, 4) is 0 Å². The normalized spacial score (nSPS) is 18.1. The van der Waals surface area contributed by atoms with Gasteiger partial charge in [-0.05, 0) is 67.9 Å². The second-order valence-corrected chi connectivity index (χ2v) is 9.49. The fourth-order valence-corrected chi connectivity index (χ4v) is 5.47. The van der Waals surface area contributed by atoms with Gasteiger partial charge in [0, 0.05) is 25.5 Å². The summed E-state index contributed by atoms with van der Waals surface area (Å²) in [4.78, 5) is 25.0. The second kappa shape index (κ2) is 7.58. The SMILES string of the molecule is CCCC(=O)C1=C(O)CC(c2c(C)c(C)c(C)c(C)c2S(C)(=O)=O)CC1=O. The molecule has 0 bridgehead atoms. The number of benzene rings is 1. The summed E-state index contributed by atoms with van der Waals surface area (Å²) in [7, 11) is -3.52. The molecule has 2 rings (SSSR count). The molecule has 0 heterocycles. The molecule has 0 amide bonds. The van der Waals surface area contributed by atoms with Crippen LogP contribution in [0.1, 0.15) is 66.3 Å². The van der Waals surface area contributed by atoms with Gasteiger partial charge in [0.05, 0.1) is 10.5 Å². The van der Waals surface area contributed by atoms with E-state index in [1.165, 1.54) is 6.26 Å². The van der Waals surface area contributed by atoms with Gasteiger partial charge in [-0.1, -0.05) is 6.92 Å². The molecular formula is C21H28O5S. The van der Waals surface area contributed by atoms with Gasteiger partial charge < -0.3 is 5.11 Å². The van der Waals surface area contributed by atoms with Gasteiger partial charge >= 0.3 is 0 Å². The number of carbonyl (C=O) groups excluding carboxylic acids is 2. The zero-order chi connectivity index (χ0) is 20.7. The van der Waals surface area contributed by atoms with Crippen LogP contribution < -0.4 is 0 Å². The van der Waals surface area contributed by atoms with Crippen molar-refractivity contribution in [1.29, 1.82) is 0 Å². The van der Waals surface area contributed by atoms with Crippen LogP contribution in [-0.2, 0) is 19.4 Å². The molecule has 1 aromatic rings. The fourth-order valence-electron chi connectivity index (χ4n) is 4.04. The Bertz CT molecular complexity index is 952. The number of Topliss-reactive ketones (excluding diaryl/α,β-unsaturated/α-hetero) is 2. The quantitative estimate of drug-likeness (QED) is 0.767. The van der Waals surface area contributed by atoms with Crippen LogP contribution >= 0.6 is 0 Å². The molecule has 0 saturated heterocycles. The third kappa shape index (κ3) is 3.86. The molecule has 0 radical (unpaired) electrons. The Hall–Kier alpha value is -1.95. The zero-order valence-corrected chi connectivity index (χ0v) is 17.7. The zero-order valence-electron chi connectivity index (χ0n) is 16.9. The molecule has 0 spiro atoms. The van der Waals surface area contributed by atoms with Crippen molar-refractivity contribution < 1.29 is 23.1 Å². The molecular weight excluding hydrogens is 364 g/mol.